The third kappa shape index (κ3) is 3.60. The molecule has 1 aliphatic rings. The van der Waals surface area contributed by atoms with E-state index in [0.29, 0.717) is 6.42 Å². The van der Waals surface area contributed by atoms with E-state index in [-0.39, 0.29) is 35.4 Å². The van der Waals surface area contributed by atoms with Crippen LogP contribution >= 0.6 is 0 Å². The van der Waals surface area contributed by atoms with Crippen LogP contribution in [0.3, 0.4) is 0 Å². The summed E-state index contributed by atoms with van der Waals surface area (Å²) in [6.45, 7) is 10.5. The summed E-state index contributed by atoms with van der Waals surface area (Å²) in [5.74, 6) is 0.381. The number of aromatic nitrogens is 1. The highest BCUT2D eigenvalue weighted by molar-refractivity contribution is 7.91. The standard InChI is InChI=1S/C16H26N2O3S/c1-11-8-14(12(2)18(11)16(3,4)5)15(19)9-17-13-6-7-22(20,21)10-13/h8,13,17H,6-7,9-10H2,1-5H3. The van der Waals surface area contributed by atoms with Crippen molar-refractivity contribution < 1.29 is 13.2 Å². The van der Waals surface area contributed by atoms with E-state index in [0.717, 1.165) is 17.0 Å². The van der Waals surface area contributed by atoms with E-state index in [2.05, 4.69) is 30.7 Å². The fourth-order valence-electron chi connectivity index (χ4n) is 3.37. The normalized spacial score (nSPS) is 21.2. The number of Topliss-reactive ketones (excluding diaryl/α,β-unsaturated/α-hetero) is 1. The van der Waals surface area contributed by atoms with Gasteiger partial charge in [-0.15, -0.1) is 0 Å². The average Bonchev–Trinajstić information content (AvgIpc) is 2.85. The third-order valence-corrected chi connectivity index (χ3v) is 5.95. The number of nitrogens with zero attached hydrogens (tertiary/aromatic N) is 1. The quantitative estimate of drug-likeness (QED) is 0.857. The molecule has 0 saturated carbocycles. The summed E-state index contributed by atoms with van der Waals surface area (Å²) in [7, 11) is -2.92. The summed E-state index contributed by atoms with van der Waals surface area (Å²) in [5.41, 5.74) is 2.69. The summed E-state index contributed by atoms with van der Waals surface area (Å²) in [6, 6.07) is 1.83. The van der Waals surface area contributed by atoms with Gasteiger partial charge in [-0.1, -0.05) is 0 Å². The minimum atomic E-state index is -2.92. The summed E-state index contributed by atoms with van der Waals surface area (Å²) in [6.07, 6.45) is 0.594. The second kappa shape index (κ2) is 5.81. The SMILES string of the molecule is Cc1cc(C(=O)CNC2CCS(=O)(=O)C2)c(C)n1C(C)(C)C. The number of sulfone groups is 1. The maximum absolute atomic E-state index is 12.5. The molecule has 5 nitrogen and oxygen atoms in total. The van der Waals surface area contributed by atoms with Crippen LogP contribution in [0.1, 0.15) is 48.9 Å². The molecule has 1 fully saturated rings. The molecule has 124 valence electrons. The van der Waals surface area contributed by atoms with Gasteiger partial charge in [-0.05, 0) is 47.1 Å². The van der Waals surface area contributed by atoms with Crippen LogP contribution in [0.25, 0.3) is 0 Å². The number of nitrogens with one attached hydrogen (secondary N) is 1. The van der Waals surface area contributed by atoms with Gasteiger partial charge in [0, 0.05) is 28.5 Å². The molecule has 2 rings (SSSR count). The first kappa shape index (κ1) is 17.2. The Morgan fingerprint density at radius 2 is 2.00 bits per heavy atom. The van der Waals surface area contributed by atoms with Crippen LogP contribution in [0.2, 0.25) is 0 Å². The molecule has 1 aliphatic heterocycles. The smallest absolute Gasteiger partial charge is 0.178 e. The lowest BCUT2D eigenvalue weighted by atomic mass is 10.1. The van der Waals surface area contributed by atoms with Gasteiger partial charge < -0.3 is 9.88 Å². The maximum atomic E-state index is 12.5. The number of carbonyl (C=O) groups is 1. The lowest BCUT2D eigenvalue weighted by Crippen LogP contribution is -2.34. The van der Waals surface area contributed by atoms with E-state index in [4.69, 9.17) is 0 Å². The molecular weight excluding hydrogens is 300 g/mol. The van der Waals surface area contributed by atoms with Crippen molar-refractivity contribution in [1.29, 1.82) is 0 Å². The summed E-state index contributed by atoms with van der Waals surface area (Å²) in [4.78, 5) is 12.5. The topological polar surface area (TPSA) is 68.2 Å². The minimum Gasteiger partial charge on any atom is -0.343 e. The molecule has 1 unspecified atom stereocenters. The highest BCUT2D eigenvalue weighted by atomic mass is 32.2. The lowest BCUT2D eigenvalue weighted by Gasteiger charge is -2.25. The molecule has 0 bridgehead atoms. The Labute approximate surface area is 133 Å². The van der Waals surface area contributed by atoms with Crippen LogP contribution < -0.4 is 5.32 Å². The van der Waals surface area contributed by atoms with Crippen LogP contribution in [0.15, 0.2) is 6.07 Å². The van der Waals surface area contributed by atoms with E-state index >= 15 is 0 Å². The predicted molar refractivity (Wildman–Crippen MR) is 88.3 cm³/mol. The fraction of sp³-hybridized carbons (Fsp3) is 0.688. The van der Waals surface area contributed by atoms with Gasteiger partial charge in [0.15, 0.2) is 15.6 Å². The first-order valence-electron chi connectivity index (χ1n) is 7.68. The van der Waals surface area contributed by atoms with E-state index in [1.807, 2.05) is 19.9 Å². The number of hydrogen-bond donors (Lipinski definition) is 1. The largest absolute Gasteiger partial charge is 0.343 e. The molecule has 1 N–H and O–H groups in total. The maximum Gasteiger partial charge on any atom is 0.178 e. The van der Waals surface area contributed by atoms with Gasteiger partial charge in [0.2, 0.25) is 0 Å². The highest BCUT2D eigenvalue weighted by Gasteiger charge is 2.28. The lowest BCUT2D eigenvalue weighted by molar-refractivity contribution is 0.0987. The molecule has 1 aromatic heterocycles. The zero-order valence-corrected chi connectivity index (χ0v) is 14.9. The van der Waals surface area contributed by atoms with Gasteiger partial charge >= 0.3 is 0 Å². The molecule has 22 heavy (non-hydrogen) atoms. The Bertz CT molecular complexity index is 681. The van der Waals surface area contributed by atoms with Crippen LogP contribution in [-0.2, 0) is 15.4 Å². The number of rotatable bonds is 4. The molecule has 1 atom stereocenters. The van der Waals surface area contributed by atoms with Crippen molar-refractivity contribution in [3.63, 3.8) is 0 Å². The van der Waals surface area contributed by atoms with E-state index < -0.39 is 9.84 Å². The predicted octanol–water partition coefficient (Wildman–Crippen LogP) is 1.82. The first-order chi connectivity index (χ1) is 10.0. The zero-order chi connectivity index (χ0) is 16.7. The Morgan fingerprint density at radius 1 is 1.36 bits per heavy atom. The molecule has 0 amide bonds. The van der Waals surface area contributed by atoms with Gasteiger partial charge in [-0.2, -0.15) is 0 Å². The van der Waals surface area contributed by atoms with Crippen molar-refractivity contribution in [2.75, 3.05) is 18.1 Å². The first-order valence-corrected chi connectivity index (χ1v) is 9.50. The van der Waals surface area contributed by atoms with Crippen LogP contribution in [0, 0.1) is 13.8 Å². The molecule has 1 aromatic rings. The minimum absolute atomic E-state index is 0.0212. The van der Waals surface area contributed by atoms with Crippen molar-refractivity contribution in [3.8, 4) is 0 Å². The Hall–Kier alpha value is -1.14. The number of carbonyl (C=O) groups excluding carboxylic acids is 1. The molecule has 6 heteroatoms. The Balaban J connectivity index is 2.08. The van der Waals surface area contributed by atoms with Crippen LogP contribution in [0.5, 0.6) is 0 Å². The van der Waals surface area contributed by atoms with Gasteiger partial charge in [-0.25, -0.2) is 8.42 Å². The molecule has 0 aliphatic carbocycles. The number of ketones is 1. The third-order valence-electron chi connectivity index (χ3n) is 4.19. The summed E-state index contributed by atoms with van der Waals surface area (Å²) in [5, 5.41) is 3.09. The van der Waals surface area contributed by atoms with E-state index in [9.17, 15) is 13.2 Å². The van der Waals surface area contributed by atoms with Crippen molar-refractivity contribution in [2.45, 2.75) is 52.6 Å². The second-order valence-corrected chi connectivity index (χ2v) is 9.42. The summed E-state index contributed by atoms with van der Waals surface area (Å²) < 4.78 is 25.0. The number of aryl methyl sites for hydroxylation is 1. The Morgan fingerprint density at radius 3 is 2.45 bits per heavy atom. The molecule has 1 saturated heterocycles. The average molecular weight is 326 g/mol. The Kier molecular flexibility index (Phi) is 4.55. The van der Waals surface area contributed by atoms with Crippen molar-refractivity contribution >= 4 is 15.6 Å². The molecular formula is C16H26N2O3S. The molecule has 0 aromatic carbocycles. The van der Waals surface area contributed by atoms with Gasteiger partial charge in [0.1, 0.15) is 0 Å². The monoisotopic (exact) mass is 326 g/mol. The second-order valence-electron chi connectivity index (χ2n) is 7.20. The van der Waals surface area contributed by atoms with Crippen molar-refractivity contribution in [1.82, 2.24) is 9.88 Å². The number of hydrogen-bond acceptors (Lipinski definition) is 4. The highest BCUT2D eigenvalue weighted by Crippen LogP contribution is 2.24. The van der Waals surface area contributed by atoms with E-state index in [1.165, 1.54) is 0 Å². The molecule has 0 spiro atoms. The summed E-state index contributed by atoms with van der Waals surface area (Å²) >= 11 is 0. The fourth-order valence-corrected chi connectivity index (χ4v) is 5.07. The molecule has 2 heterocycles. The van der Waals surface area contributed by atoms with Crippen LogP contribution in [0.4, 0.5) is 0 Å². The van der Waals surface area contributed by atoms with Gasteiger partial charge in [0.25, 0.3) is 0 Å². The zero-order valence-electron chi connectivity index (χ0n) is 14.1. The van der Waals surface area contributed by atoms with Crippen molar-refractivity contribution in [2.24, 2.45) is 0 Å². The van der Waals surface area contributed by atoms with Crippen molar-refractivity contribution in [3.05, 3.63) is 23.0 Å². The van der Waals surface area contributed by atoms with E-state index in [1.54, 1.807) is 0 Å². The van der Waals surface area contributed by atoms with Gasteiger partial charge in [-0.3, -0.25) is 4.79 Å². The molecule has 0 radical (unpaired) electrons. The van der Waals surface area contributed by atoms with Crippen LogP contribution in [-0.4, -0.2) is 42.9 Å². The van der Waals surface area contributed by atoms with Gasteiger partial charge in [0.05, 0.1) is 18.1 Å².